The van der Waals surface area contributed by atoms with Crippen molar-refractivity contribution in [1.82, 2.24) is 20.2 Å². The van der Waals surface area contributed by atoms with Gasteiger partial charge in [0.25, 0.3) is 0 Å². The van der Waals surface area contributed by atoms with Crippen molar-refractivity contribution < 1.29 is 9.50 Å². The fraction of sp³-hybridized carbons (Fsp3) is 0.500. The molecule has 2 aromatic rings. The molecule has 112 valence electrons. The van der Waals surface area contributed by atoms with E-state index in [9.17, 15) is 9.50 Å². The van der Waals surface area contributed by atoms with E-state index >= 15 is 0 Å². The molecule has 7 heteroatoms. The maximum absolute atomic E-state index is 14.1. The Morgan fingerprint density at radius 1 is 1.38 bits per heavy atom. The normalized spacial score (nSPS) is 17.3. The average molecular weight is 308 g/mol. The number of aromatic nitrogens is 4. The first-order valence-corrected chi connectivity index (χ1v) is 7.90. The third kappa shape index (κ3) is 2.94. The lowest BCUT2D eigenvalue weighted by molar-refractivity contribution is 0.195. The number of aliphatic hydroxyl groups excluding tert-OH is 1. The third-order valence-electron chi connectivity index (χ3n) is 3.77. The molecule has 1 aromatic heterocycles. The Balaban J connectivity index is 1.92. The zero-order valence-corrected chi connectivity index (χ0v) is 12.6. The van der Waals surface area contributed by atoms with E-state index in [1.165, 1.54) is 30.7 Å². The van der Waals surface area contributed by atoms with Crippen molar-refractivity contribution in [2.24, 2.45) is 0 Å². The van der Waals surface area contributed by atoms with E-state index in [0.717, 1.165) is 12.8 Å². The number of nitrogens with zero attached hydrogens (tertiary/aromatic N) is 4. The highest BCUT2D eigenvalue weighted by Gasteiger charge is 2.23. The maximum Gasteiger partial charge on any atom is 0.214 e. The van der Waals surface area contributed by atoms with E-state index in [0.29, 0.717) is 21.7 Å². The van der Waals surface area contributed by atoms with Crippen LogP contribution < -0.4 is 0 Å². The SMILES string of the molecule is C[C@@H](O)c1cccc(F)c1Sc1nnnn1C1CCCC1. The highest BCUT2D eigenvalue weighted by molar-refractivity contribution is 7.99. The summed E-state index contributed by atoms with van der Waals surface area (Å²) < 4.78 is 15.9. The van der Waals surface area contributed by atoms with Crippen LogP contribution in [0.25, 0.3) is 0 Å². The Labute approximate surface area is 126 Å². The summed E-state index contributed by atoms with van der Waals surface area (Å²) >= 11 is 1.18. The molecular weight excluding hydrogens is 291 g/mol. The summed E-state index contributed by atoms with van der Waals surface area (Å²) in [5.41, 5.74) is 0.556. The van der Waals surface area contributed by atoms with Gasteiger partial charge in [0.1, 0.15) is 5.82 Å². The van der Waals surface area contributed by atoms with Crippen molar-refractivity contribution >= 4 is 11.8 Å². The highest BCUT2D eigenvalue weighted by Crippen LogP contribution is 2.37. The van der Waals surface area contributed by atoms with Gasteiger partial charge in [0.05, 0.1) is 17.0 Å². The smallest absolute Gasteiger partial charge is 0.214 e. The van der Waals surface area contributed by atoms with Crippen molar-refractivity contribution in [1.29, 1.82) is 0 Å². The Hall–Kier alpha value is -1.47. The predicted octanol–water partition coefficient (Wildman–Crippen LogP) is 3.13. The Morgan fingerprint density at radius 2 is 2.14 bits per heavy atom. The van der Waals surface area contributed by atoms with E-state index in [-0.39, 0.29) is 5.82 Å². The molecule has 1 fully saturated rings. The average Bonchev–Trinajstić information content (AvgIpc) is 3.11. The lowest BCUT2D eigenvalue weighted by Crippen LogP contribution is -2.08. The van der Waals surface area contributed by atoms with Crippen LogP contribution >= 0.6 is 11.8 Å². The van der Waals surface area contributed by atoms with Crippen LogP contribution in [0.5, 0.6) is 0 Å². The fourth-order valence-electron chi connectivity index (χ4n) is 2.68. The summed E-state index contributed by atoms with van der Waals surface area (Å²) in [5.74, 6) is -0.362. The molecule has 3 rings (SSSR count). The van der Waals surface area contributed by atoms with E-state index in [1.807, 2.05) is 0 Å². The van der Waals surface area contributed by atoms with Crippen LogP contribution in [-0.4, -0.2) is 25.3 Å². The van der Waals surface area contributed by atoms with Crippen molar-refractivity contribution in [2.45, 2.75) is 54.8 Å². The minimum Gasteiger partial charge on any atom is -0.389 e. The van der Waals surface area contributed by atoms with Crippen LogP contribution in [0, 0.1) is 5.82 Å². The number of hydrogen-bond acceptors (Lipinski definition) is 5. The van der Waals surface area contributed by atoms with Crippen LogP contribution in [0.1, 0.15) is 50.3 Å². The van der Waals surface area contributed by atoms with Crippen molar-refractivity contribution in [3.05, 3.63) is 29.6 Å². The standard InChI is InChI=1S/C14H17FN4OS/c1-9(20)11-7-4-8-12(15)13(11)21-14-16-17-18-19(14)10-5-2-3-6-10/h4,7-10,20H,2-3,5-6H2,1H3/t9-/m1/s1. The molecule has 1 N–H and O–H groups in total. The molecule has 1 saturated carbocycles. The molecule has 0 unspecified atom stereocenters. The molecule has 5 nitrogen and oxygen atoms in total. The van der Waals surface area contributed by atoms with Gasteiger partial charge in [-0.1, -0.05) is 25.0 Å². The topological polar surface area (TPSA) is 63.8 Å². The van der Waals surface area contributed by atoms with E-state index in [1.54, 1.807) is 23.7 Å². The first-order valence-electron chi connectivity index (χ1n) is 7.09. The van der Waals surface area contributed by atoms with Crippen molar-refractivity contribution in [3.63, 3.8) is 0 Å². The van der Waals surface area contributed by atoms with Crippen molar-refractivity contribution in [3.8, 4) is 0 Å². The zero-order valence-electron chi connectivity index (χ0n) is 11.7. The van der Waals surface area contributed by atoms with E-state index in [4.69, 9.17) is 0 Å². The monoisotopic (exact) mass is 308 g/mol. The molecule has 1 aromatic carbocycles. The minimum absolute atomic E-state index is 0.296. The van der Waals surface area contributed by atoms with Crippen LogP contribution in [0.2, 0.25) is 0 Å². The Bertz CT molecular complexity index is 625. The van der Waals surface area contributed by atoms with Gasteiger partial charge in [0.2, 0.25) is 5.16 Å². The molecular formula is C14H17FN4OS. The molecule has 0 bridgehead atoms. The molecule has 1 aliphatic rings. The number of hydrogen-bond donors (Lipinski definition) is 1. The van der Waals surface area contributed by atoms with Crippen LogP contribution in [-0.2, 0) is 0 Å². The number of halogens is 1. The maximum atomic E-state index is 14.1. The molecule has 1 atom stereocenters. The first-order chi connectivity index (χ1) is 10.2. The number of benzene rings is 1. The van der Waals surface area contributed by atoms with Gasteiger partial charge in [-0.25, -0.2) is 9.07 Å². The van der Waals surface area contributed by atoms with Crippen molar-refractivity contribution in [2.75, 3.05) is 0 Å². The second kappa shape index (κ2) is 6.11. The van der Waals surface area contributed by atoms with E-state index < -0.39 is 6.10 Å². The summed E-state index contributed by atoms with van der Waals surface area (Å²) in [6, 6.07) is 5.00. The summed E-state index contributed by atoms with van der Waals surface area (Å²) in [5, 5.41) is 22.2. The van der Waals surface area contributed by atoms with Crippen LogP contribution in [0.15, 0.2) is 28.3 Å². The van der Waals surface area contributed by atoms with Gasteiger partial charge in [-0.2, -0.15) is 0 Å². The molecule has 0 spiro atoms. The predicted molar refractivity (Wildman–Crippen MR) is 76.5 cm³/mol. The van der Waals surface area contributed by atoms with Crippen LogP contribution in [0.3, 0.4) is 0 Å². The fourth-order valence-corrected chi connectivity index (χ4v) is 3.75. The summed E-state index contributed by atoms with van der Waals surface area (Å²) in [4.78, 5) is 0.390. The molecule has 21 heavy (non-hydrogen) atoms. The summed E-state index contributed by atoms with van der Waals surface area (Å²) in [6.07, 6.45) is 3.72. The second-order valence-corrected chi connectivity index (χ2v) is 6.26. The van der Waals surface area contributed by atoms with E-state index in [2.05, 4.69) is 15.5 Å². The molecule has 0 aliphatic heterocycles. The van der Waals surface area contributed by atoms with Gasteiger partial charge in [-0.3, -0.25) is 0 Å². The number of aliphatic hydroxyl groups is 1. The molecule has 0 radical (unpaired) electrons. The van der Waals surface area contributed by atoms with Gasteiger partial charge in [-0.15, -0.1) is 5.10 Å². The zero-order chi connectivity index (χ0) is 14.8. The quantitative estimate of drug-likeness (QED) is 0.940. The molecule has 1 aliphatic carbocycles. The number of rotatable bonds is 4. The Morgan fingerprint density at radius 3 is 2.86 bits per heavy atom. The largest absolute Gasteiger partial charge is 0.389 e. The molecule has 0 amide bonds. The summed E-state index contributed by atoms with van der Waals surface area (Å²) in [6.45, 7) is 1.62. The van der Waals surface area contributed by atoms with Gasteiger partial charge in [0, 0.05) is 0 Å². The molecule has 1 heterocycles. The lowest BCUT2D eigenvalue weighted by atomic mass is 10.1. The number of tetrazole rings is 1. The van der Waals surface area contributed by atoms with Gasteiger partial charge in [0.15, 0.2) is 0 Å². The Kier molecular flexibility index (Phi) is 4.21. The van der Waals surface area contributed by atoms with Gasteiger partial charge >= 0.3 is 0 Å². The first kappa shape index (κ1) is 14.5. The van der Waals surface area contributed by atoms with Gasteiger partial charge in [-0.05, 0) is 53.6 Å². The second-order valence-electron chi connectivity index (χ2n) is 5.28. The third-order valence-corrected chi connectivity index (χ3v) is 4.86. The molecule has 0 saturated heterocycles. The van der Waals surface area contributed by atoms with Gasteiger partial charge < -0.3 is 5.11 Å². The summed E-state index contributed by atoms with van der Waals surface area (Å²) in [7, 11) is 0. The van der Waals surface area contributed by atoms with Crippen LogP contribution in [0.4, 0.5) is 4.39 Å². The lowest BCUT2D eigenvalue weighted by Gasteiger charge is -2.14. The highest BCUT2D eigenvalue weighted by atomic mass is 32.2. The minimum atomic E-state index is -0.737.